The van der Waals surface area contributed by atoms with Crippen molar-refractivity contribution >= 4 is 40.5 Å². The van der Waals surface area contributed by atoms with Gasteiger partial charge in [0.1, 0.15) is 11.6 Å². The molecule has 0 saturated carbocycles. The van der Waals surface area contributed by atoms with Gasteiger partial charge < -0.3 is 10.6 Å². The maximum atomic E-state index is 12.0. The number of para-hydroxylation sites is 1. The van der Waals surface area contributed by atoms with E-state index < -0.39 is 5.91 Å². The highest BCUT2D eigenvalue weighted by Crippen LogP contribution is 2.20. The topological polar surface area (TPSA) is 64.9 Å². The molecule has 0 saturated heterocycles. The van der Waals surface area contributed by atoms with E-state index in [0.29, 0.717) is 21.4 Å². The highest BCUT2D eigenvalue weighted by atomic mass is 35.5. The van der Waals surface area contributed by atoms with Crippen molar-refractivity contribution in [2.24, 2.45) is 0 Å². The number of halogens is 2. The summed E-state index contributed by atoms with van der Waals surface area (Å²) < 4.78 is 0. The second kappa shape index (κ2) is 7.51. The van der Waals surface area contributed by atoms with Crippen LogP contribution >= 0.6 is 23.2 Å². The number of nitriles is 1. The van der Waals surface area contributed by atoms with Crippen molar-refractivity contribution in [1.82, 2.24) is 0 Å². The van der Waals surface area contributed by atoms with Crippen molar-refractivity contribution in [3.05, 3.63) is 70.3 Å². The minimum absolute atomic E-state index is 0.0742. The molecule has 6 heteroatoms. The number of nitrogens with zero attached hydrogens (tertiary/aromatic N) is 1. The molecule has 0 radical (unpaired) electrons. The van der Waals surface area contributed by atoms with Gasteiger partial charge in [-0.2, -0.15) is 5.26 Å². The molecule has 0 aliphatic rings. The van der Waals surface area contributed by atoms with Crippen LogP contribution in [-0.2, 0) is 4.79 Å². The number of hydrogen-bond donors (Lipinski definition) is 2. The Labute approximate surface area is 138 Å². The highest BCUT2D eigenvalue weighted by molar-refractivity contribution is 6.33. The Morgan fingerprint density at radius 2 is 1.77 bits per heavy atom. The molecule has 0 aliphatic heterocycles. The van der Waals surface area contributed by atoms with Crippen LogP contribution in [0, 0.1) is 11.3 Å². The molecule has 2 aromatic rings. The third kappa shape index (κ3) is 4.26. The molecule has 22 heavy (non-hydrogen) atoms. The molecule has 0 bridgehead atoms. The van der Waals surface area contributed by atoms with E-state index in [4.69, 9.17) is 28.5 Å². The maximum Gasteiger partial charge on any atom is 0.267 e. The van der Waals surface area contributed by atoms with Crippen LogP contribution in [0.1, 0.15) is 0 Å². The summed E-state index contributed by atoms with van der Waals surface area (Å²) in [6, 6.07) is 15.5. The first-order chi connectivity index (χ1) is 10.6. The SMILES string of the molecule is N#C/C(=C/Nc1ccccc1Cl)C(=O)Nc1ccc(Cl)cc1. The Morgan fingerprint density at radius 3 is 2.41 bits per heavy atom. The van der Waals surface area contributed by atoms with Crippen LogP contribution in [0.5, 0.6) is 0 Å². The van der Waals surface area contributed by atoms with Crippen LogP contribution in [0.25, 0.3) is 0 Å². The molecule has 0 fully saturated rings. The third-order valence-corrected chi connectivity index (χ3v) is 3.29. The lowest BCUT2D eigenvalue weighted by Crippen LogP contribution is -2.14. The molecule has 2 aromatic carbocycles. The van der Waals surface area contributed by atoms with E-state index in [0.717, 1.165) is 0 Å². The normalized spacial score (nSPS) is 10.7. The van der Waals surface area contributed by atoms with Crippen molar-refractivity contribution in [2.45, 2.75) is 0 Å². The fraction of sp³-hybridized carbons (Fsp3) is 0. The van der Waals surface area contributed by atoms with Gasteiger partial charge in [-0.1, -0.05) is 35.3 Å². The lowest BCUT2D eigenvalue weighted by Gasteiger charge is -2.06. The van der Waals surface area contributed by atoms with Crippen molar-refractivity contribution in [3.63, 3.8) is 0 Å². The minimum atomic E-state index is -0.524. The zero-order valence-corrected chi connectivity index (χ0v) is 12.8. The van der Waals surface area contributed by atoms with Crippen molar-refractivity contribution in [1.29, 1.82) is 5.26 Å². The van der Waals surface area contributed by atoms with E-state index in [2.05, 4.69) is 10.6 Å². The molecular weight excluding hydrogens is 321 g/mol. The third-order valence-electron chi connectivity index (χ3n) is 2.71. The van der Waals surface area contributed by atoms with Gasteiger partial charge in [-0.05, 0) is 36.4 Å². The predicted octanol–water partition coefficient (Wildman–Crippen LogP) is 4.45. The van der Waals surface area contributed by atoms with Crippen LogP contribution in [0.15, 0.2) is 60.3 Å². The molecule has 0 spiro atoms. The van der Waals surface area contributed by atoms with E-state index in [1.807, 2.05) is 6.07 Å². The van der Waals surface area contributed by atoms with Crippen molar-refractivity contribution < 1.29 is 4.79 Å². The van der Waals surface area contributed by atoms with Crippen LogP contribution in [0.3, 0.4) is 0 Å². The van der Waals surface area contributed by atoms with E-state index in [9.17, 15) is 4.79 Å². The number of anilines is 2. The molecule has 1 amide bonds. The molecule has 110 valence electrons. The number of amides is 1. The first-order valence-corrected chi connectivity index (χ1v) is 7.04. The lowest BCUT2D eigenvalue weighted by atomic mass is 10.2. The van der Waals surface area contributed by atoms with E-state index in [-0.39, 0.29) is 5.57 Å². The van der Waals surface area contributed by atoms with Crippen LogP contribution in [0.4, 0.5) is 11.4 Å². The van der Waals surface area contributed by atoms with Gasteiger partial charge in [0, 0.05) is 16.9 Å². The van der Waals surface area contributed by atoms with Gasteiger partial charge in [-0.25, -0.2) is 0 Å². The molecule has 0 unspecified atom stereocenters. The summed E-state index contributed by atoms with van der Waals surface area (Å²) in [7, 11) is 0. The zero-order valence-electron chi connectivity index (χ0n) is 11.3. The highest BCUT2D eigenvalue weighted by Gasteiger charge is 2.09. The summed E-state index contributed by atoms with van der Waals surface area (Å²) in [5, 5.41) is 15.6. The summed E-state index contributed by atoms with van der Waals surface area (Å²) in [5.74, 6) is -0.524. The summed E-state index contributed by atoms with van der Waals surface area (Å²) in [6.45, 7) is 0. The number of nitrogens with one attached hydrogen (secondary N) is 2. The molecule has 0 heterocycles. The number of hydrogen-bond acceptors (Lipinski definition) is 3. The number of carbonyl (C=O) groups is 1. The van der Waals surface area contributed by atoms with Crippen molar-refractivity contribution in [2.75, 3.05) is 10.6 Å². The van der Waals surface area contributed by atoms with Gasteiger partial charge in [-0.15, -0.1) is 0 Å². The fourth-order valence-corrected chi connectivity index (χ4v) is 1.92. The van der Waals surface area contributed by atoms with E-state index >= 15 is 0 Å². The molecule has 4 nitrogen and oxygen atoms in total. The van der Waals surface area contributed by atoms with Gasteiger partial charge in [0.15, 0.2) is 0 Å². The Balaban J connectivity index is 2.09. The van der Waals surface area contributed by atoms with Crippen LogP contribution in [-0.4, -0.2) is 5.91 Å². The van der Waals surface area contributed by atoms with Gasteiger partial charge in [0.25, 0.3) is 5.91 Å². The first-order valence-electron chi connectivity index (χ1n) is 6.28. The second-order valence-electron chi connectivity index (χ2n) is 4.26. The predicted molar refractivity (Wildman–Crippen MR) is 88.9 cm³/mol. The molecule has 2 rings (SSSR count). The molecule has 2 N–H and O–H groups in total. The quantitative estimate of drug-likeness (QED) is 0.642. The summed E-state index contributed by atoms with van der Waals surface area (Å²) >= 11 is 11.8. The van der Waals surface area contributed by atoms with Gasteiger partial charge in [-0.3, -0.25) is 4.79 Å². The Hall–Kier alpha value is -2.48. The van der Waals surface area contributed by atoms with Gasteiger partial charge in [0.05, 0.1) is 10.7 Å². The Morgan fingerprint density at radius 1 is 1.09 bits per heavy atom. The first kappa shape index (κ1) is 15.9. The second-order valence-corrected chi connectivity index (χ2v) is 5.10. The number of rotatable bonds is 4. The van der Waals surface area contributed by atoms with Crippen LogP contribution in [0.2, 0.25) is 10.0 Å². The monoisotopic (exact) mass is 331 g/mol. The average molecular weight is 332 g/mol. The zero-order chi connectivity index (χ0) is 15.9. The molecule has 0 atom stereocenters. The summed E-state index contributed by atoms with van der Waals surface area (Å²) in [5.41, 5.74) is 1.08. The number of benzene rings is 2. The van der Waals surface area contributed by atoms with Gasteiger partial charge >= 0.3 is 0 Å². The lowest BCUT2D eigenvalue weighted by molar-refractivity contribution is -0.112. The Bertz CT molecular complexity index is 749. The van der Waals surface area contributed by atoms with E-state index in [1.54, 1.807) is 48.5 Å². The van der Waals surface area contributed by atoms with E-state index in [1.165, 1.54) is 6.20 Å². The molecule has 0 aromatic heterocycles. The summed E-state index contributed by atoms with van der Waals surface area (Å²) in [6.07, 6.45) is 1.31. The fourth-order valence-electron chi connectivity index (χ4n) is 1.61. The molecular formula is C16H11Cl2N3O. The summed E-state index contributed by atoms with van der Waals surface area (Å²) in [4.78, 5) is 12.0. The smallest absolute Gasteiger partial charge is 0.267 e. The Kier molecular flexibility index (Phi) is 5.42. The van der Waals surface area contributed by atoms with Crippen LogP contribution < -0.4 is 10.6 Å². The molecule has 0 aliphatic carbocycles. The minimum Gasteiger partial charge on any atom is -0.359 e. The average Bonchev–Trinajstić information content (AvgIpc) is 2.52. The standard InChI is InChI=1S/C16H11Cl2N3O/c17-12-5-7-13(8-6-12)21-16(22)11(9-19)10-20-15-4-2-1-3-14(15)18/h1-8,10,20H,(H,21,22)/b11-10-. The van der Waals surface area contributed by atoms with Crippen molar-refractivity contribution in [3.8, 4) is 6.07 Å². The maximum absolute atomic E-state index is 12.0. The van der Waals surface area contributed by atoms with Gasteiger partial charge in [0.2, 0.25) is 0 Å². The largest absolute Gasteiger partial charge is 0.359 e. The number of carbonyl (C=O) groups excluding carboxylic acids is 1.